The molecule has 1 aliphatic carbocycles. The molecule has 1 aromatic carbocycles. The summed E-state index contributed by atoms with van der Waals surface area (Å²) < 4.78 is 0. The minimum atomic E-state index is -0.185. The Hall–Kier alpha value is -2.55. The molecular formula is C22H29N5O2S. The second-order valence-corrected chi connectivity index (χ2v) is 7.88. The molecule has 8 heteroatoms. The van der Waals surface area contributed by atoms with E-state index in [1.807, 2.05) is 19.2 Å². The molecule has 1 heterocycles. The second kappa shape index (κ2) is 12.9. The topological polar surface area (TPSA) is 109 Å². The van der Waals surface area contributed by atoms with Gasteiger partial charge in [0.1, 0.15) is 11.4 Å². The number of hydrogen-bond donors (Lipinski definition) is 3. The van der Waals surface area contributed by atoms with E-state index >= 15 is 0 Å². The summed E-state index contributed by atoms with van der Waals surface area (Å²) >= 11 is 1.58. The van der Waals surface area contributed by atoms with E-state index in [1.165, 1.54) is 18.4 Å². The fraction of sp³-hybridized carbons (Fsp3) is 0.364. The van der Waals surface area contributed by atoms with E-state index in [9.17, 15) is 9.59 Å². The van der Waals surface area contributed by atoms with Crippen molar-refractivity contribution in [1.82, 2.24) is 15.6 Å². The number of thioether (sulfide) groups is 1. The summed E-state index contributed by atoms with van der Waals surface area (Å²) in [7, 11) is 1.93. The maximum Gasteiger partial charge on any atom is 0.270 e. The van der Waals surface area contributed by atoms with Crippen LogP contribution < -0.4 is 16.4 Å². The number of hydrogen-bond acceptors (Lipinski definition) is 7. The number of carbonyl (C=O) groups excluding carboxylic acids is 2. The average Bonchev–Trinajstić information content (AvgIpc) is 3.28. The van der Waals surface area contributed by atoms with Gasteiger partial charge in [0.25, 0.3) is 5.91 Å². The molecule has 1 aliphatic rings. The second-order valence-electron chi connectivity index (χ2n) is 6.82. The molecule has 3 rings (SSSR count). The van der Waals surface area contributed by atoms with Crippen LogP contribution in [0.5, 0.6) is 0 Å². The van der Waals surface area contributed by atoms with Crippen molar-refractivity contribution < 1.29 is 9.59 Å². The predicted octanol–water partition coefficient (Wildman–Crippen LogP) is 3.31. The third-order valence-corrected chi connectivity index (χ3v) is 5.43. The molecule has 1 fully saturated rings. The number of nitrogens with zero attached hydrogens (tertiary/aromatic N) is 2. The Kier molecular flexibility index (Phi) is 10.2. The first-order chi connectivity index (χ1) is 14.6. The zero-order valence-electron chi connectivity index (χ0n) is 17.3. The third kappa shape index (κ3) is 7.37. The van der Waals surface area contributed by atoms with Crippen molar-refractivity contribution in [2.24, 2.45) is 10.7 Å². The first-order valence-corrected chi connectivity index (χ1v) is 10.9. The van der Waals surface area contributed by atoms with Gasteiger partial charge in [0.05, 0.1) is 5.69 Å². The molecule has 0 radical (unpaired) electrons. The van der Waals surface area contributed by atoms with Gasteiger partial charge in [-0.2, -0.15) is 0 Å². The van der Waals surface area contributed by atoms with Crippen molar-refractivity contribution in [3.63, 3.8) is 0 Å². The summed E-state index contributed by atoms with van der Waals surface area (Å²) in [6, 6.07) is 11.3. The van der Waals surface area contributed by atoms with Gasteiger partial charge in [0, 0.05) is 23.4 Å². The third-order valence-electron chi connectivity index (χ3n) is 4.63. The summed E-state index contributed by atoms with van der Waals surface area (Å²) in [4.78, 5) is 31.3. The molecule has 7 nitrogen and oxygen atoms in total. The van der Waals surface area contributed by atoms with Crippen LogP contribution in [0.3, 0.4) is 0 Å². The molecule has 2 aromatic rings. The van der Waals surface area contributed by atoms with Crippen molar-refractivity contribution in [2.75, 3.05) is 12.9 Å². The number of rotatable bonds is 8. The zero-order valence-corrected chi connectivity index (χ0v) is 18.1. The highest BCUT2D eigenvalue weighted by atomic mass is 32.2. The van der Waals surface area contributed by atoms with Gasteiger partial charge in [-0.05, 0) is 56.4 Å². The van der Waals surface area contributed by atoms with Gasteiger partial charge in [-0.1, -0.05) is 25.0 Å². The van der Waals surface area contributed by atoms with Gasteiger partial charge in [-0.15, -0.1) is 11.8 Å². The lowest BCUT2D eigenvalue weighted by molar-refractivity contribution is 0.0932. The van der Waals surface area contributed by atoms with Crippen molar-refractivity contribution >= 4 is 36.4 Å². The smallest absolute Gasteiger partial charge is 0.270 e. The van der Waals surface area contributed by atoms with Crippen molar-refractivity contribution in [2.45, 2.75) is 43.2 Å². The van der Waals surface area contributed by atoms with Gasteiger partial charge in [-0.3, -0.25) is 14.6 Å². The predicted molar refractivity (Wildman–Crippen MR) is 123 cm³/mol. The minimum Gasteiger partial charge on any atom is -0.348 e. The molecule has 0 atom stereocenters. The molecule has 1 aromatic heterocycles. The Morgan fingerprint density at radius 1 is 1.33 bits per heavy atom. The van der Waals surface area contributed by atoms with E-state index in [2.05, 4.69) is 33.4 Å². The number of aromatic nitrogens is 1. The monoisotopic (exact) mass is 427 g/mol. The van der Waals surface area contributed by atoms with Crippen LogP contribution in [0.4, 0.5) is 5.69 Å². The van der Waals surface area contributed by atoms with Crippen molar-refractivity contribution in [3.05, 3.63) is 53.3 Å². The van der Waals surface area contributed by atoms with Gasteiger partial charge >= 0.3 is 0 Å². The standard InChI is InChI=1S/C12H14N2O2.C10H15N3S/c15-8-10-6-3-7-11(13-10)12(16)14-9-4-1-2-5-9;1-12-6-8-3-4-9(13-2)10(5-8)14-7-11/h3,6-9H,1-2,4-5H2,(H,14,16);3-5,12H,2,6-7,11H2,1H3. The average molecular weight is 428 g/mol. The summed E-state index contributed by atoms with van der Waals surface area (Å²) in [5.41, 5.74) is 8.24. The number of pyridine rings is 1. The molecule has 0 spiro atoms. The lowest BCUT2D eigenvalue weighted by Crippen LogP contribution is -2.33. The Balaban J connectivity index is 0.000000216. The number of nitrogens with two attached hydrogens (primary N) is 1. The zero-order chi connectivity index (χ0) is 21.8. The van der Waals surface area contributed by atoms with E-state index in [1.54, 1.807) is 30.0 Å². The molecule has 1 saturated carbocycles. The molecular weight excluding hydrogens is 398 g/mol. The molecule has 0 bridgehead atoms. The Labute approximate surface area is 182 Å². The maximum absolute atomic E-state index is 11.8. The highest BCUT2D eigenvalue weighted by Gasteiger charge is 2.18. The normalized spacial score (nSPS) is 13.3. The summed E-state index contributed by atoms with van der Waals surface area (Å²) in [6.07, 6.45) is 5.07. The van der Waals surface area contributed by atoms with Crippen LogP contribution >= 0.6 is 11.8 Å². The number of amides is 1. The summed E-state index contributed by atoms with van der Waals surface area (Å²) in [5, 5.41) is 6.03. The van der Waals surface area contributed by atoms with Crippen molar-refractivity contribution in [1.29, 1.82) is 0 Å². The van der Waals surface area contributed by atoms with Crippen LogP contribution in [0.25, 0.3) is 0 Å². The maximum atomic E-state index is 11.8. The minimum absolute atomic E-state index is 0.185. The van der Waals surface area contributed by atoms with E-state index in [0.29, 0.717) is 23.6 Å². The van der Waals surface area contributed by atoms with E-state index in [4.69, 9.17) is 5.73 Å². The fourth-order valence-corrected chi connectivity index (χ4v) is 3.88. The van der Waals surface area contributed by atoms with Crippen LogP contribution in [0.2, 0.25) is 0 Å². The summed E-state index contributed by atoms with van der Waals surface area (Å²) in [5.74, 6) is 0.376. The molecule has 4 N–H and O–H groups in total. The molecule has 30 heavy (non-hydrogen) atoms. The van der Waals surface area contributed by atoms with Crippen LogP contribution in [0.15, 0.2) is 46.3 Å². The van der Waals surface area contributed by atoms with Gasteiger partial charge in [0.15, 0.2) is 6.29 Å². The molecule has 1 amide bonds. The largest absolute Gasteiger partial charge is 0.348 e. The highest BCUT2D eigenvalue weighted by molar-refractivity contribution is 7.99. The van der Waals surface area contributed by atoms with Crippen LogP contribution in [-0.2, 0) is 6.54 Å². The SMILES string of the molecule is C=Nc1ccc(CNC)cc1SCN.O=Cc1cccc(C(=O)NC2CCCC2)n1. The fourth-order valence-electron chi connectivity index (χ4n) is 3.18. The number of carbonyl (C=O) groups is 2. The number of aliphatic imine (C=N–C) groups is 1. The quantitative estimate of drug-likeness (QED) is 0.258. The van der Waals surface area contributed by atoms with Gasteiger partial charge in [-0.25, -0.2) is 4.98 Å². The highest BCUT2D eigenvalue weighted by Crippen LogP contribution is 2.29. The first-order valence-electron chi connectivity index (χ1n) is 9.91. The number of benzene rings is 1. The van der Waals surface area contributed by atoms with Gasteiger partial charge in [0.2, 0.25) is 0 Å². The molecule has 0 aliphatic heterocycles. The Morgan fingerprint density at radius 2 is 2.10 bits per heavy atom. The van der Waals surface area contributed by atoms with Crippen LogP contribution in [-0.4, -0.2) is 42.9 Å². The van der Waals surface area contributed by atoms with E-state index in [0.717, 1.165) is 30.0 Å². The van der Waals surface area contributed by atoms with Crippen LogP contribution in [0.1, 0.15) is 52.2 Å². The molecule has 160 valence electrons. The molecule has 0 unspecified atom stereocenters. The lowest BCUT2D eigenvalue weighted by atomic mass is 10.2. The van der Waals surface area contributed by atoms with Gasteiger partial charge < -0.3 is 16.4 Å². The van der Waals surface area contributed by atoms with E-state index in [-0.39, 0.29) is 11.9 Å². The lowest BCUT2D eigenvalue weighted by Gasteiger charge is -2.11. The summed E-state index contributed by atoms with van der Waals surface area (Å²) in [6.45, 7) is 4.39. The number of aldehydes is 1. The Bertz CT molecular complexity index is 853. The van der Waals surface area contributed by atoms with Crippen molar-refractivity contribution in [3.8, 4) is 0 Å². The number of nitrogens with one attached hydrogen (secondary N) is 2. The van der Waals surface area contributed by atoms with E-state index < -0.39 is 0 Å². The van der Waals surface area contributed by atoms with Crippen LogP contribution in [0, 0.1) is 0 Å². The Morgan fingerprint density at radius 3 is 2.73 bits per heavy atom. The first kappa shape index (κ1) is 23.7. The molecule has 0 saturated heterocycles.